The van der Waals surface area contributed by atoms with Gasteiger partial charge < -0.3 is 37.0 Å². The summed E-state index contributed by atoms with van der Waals surface area (Å²) in [5.41, 5.74) is 0. The molecule has 0 heterocycles. The number of rotatable bonds is 0. The average molecular weight is 380 g/mol. The van der Waals surface area contributed by atoms with E-state index in [9.17, 15) is 28.8 Å². The van der Waals surface area contributed by atoms with Gasteiger partial charge in [0, 0.05) is 13.8 Å². The van der Waals surface area contributed by atoms with Crippen molar-refractivity contribution in [3.05, 3.63) is 0 Å². The van der Waals surface area contributed by atoms with Gasteiger partial charge in [0.15, 0.2) is 0 Å². The summed E-state index contributed by atoms with van der Waals surface area (Å²) >= 11 is 0. The maximum absolute atomic E-state index is 10.8. The molecule has 0 bridgehead atoms. The molecule has 0 radical (unpaired) electrons. The van der Waals surface area contributed by atoms with Gasteiger partial charge in [0.25, 0.3) is 0 Å². The second-order valence-corrected chi connectivity index (χ2v) is 2.47. The Kier molecular flexibility index (Phi) is 25.8. The predicted octanol–water partition coefficient (Wildman–Crippen LogP) is -0.549. The van der Waals surface area contributed by atoms with Crippen molar-refractivity contribution < 1.29 is 53.4 Å². The molecule has 0 aromatic rings. The summed E-state index contributed by atoms with van der Waals surface area (Å²) in [5, 5.41) is 0. The zero-order valence-corrected chi connectivity index (χ0v) is 16.3. The van der Waals surface area contributed by atoms with Gasteiger partial charge in [-0.3, -0.25) is 9.59 Å². The normalized spacial score (nSPS) is 7.18. The van der Waals surface area contributed by atoms with Crippen LogP contribution in [0.5, 0.6) is 0 Å². The first-order chi connectivity index (χ1) is 8.22. The Bertz CT molecular complexity index is 415. The predicted molar refractivity (Wildman–Crippen MR) is 72.5 cm³/mol. The molecule has 0 saturated heterocycles. The van der Waals surface area contributed by atoms with Crippen molar-refractivity contribution in [3.8, 4) is 0 Å². The molecule has 12 nitrogen and oxygen atoms in total. The van der Waals surface area contributed by atoms with Crippen molar-refractivity contribution >= 4 is 112 Å². The fraction of sp³-hybridized carbons (Fsp3) is 0.250. The van der Waals surface area contributed by atoms with Crippen molar-refractivity contribution in [3.63, 3.8) is 0 Å². The van der Waals surface area contributed by atoms with Gasteiger partial charge in [0.1, 0.15) is 0 Å². The smallest absolute Gasteiger partial charge is 1.00 e. The molecule has 0 atom stereocenters. The molecule has 0 amide bonds. The Morgan fingerprint density at radius 1 is 0.591 bits per heavy atom. The van der Waals surface area contributed by atoms with Gasteiger partial charge >= 0.3 is 112 Å². The summed E-state index contributed by atoms with van der Waals surface area (Å²) in [7, 11) is 0. The van der Waals surface area contributed by atoms with E-state index in [4.69, 9.17) is 0 Å². The number of ether oxygens (including phenoxy) is 4. The molecule has 0 saturated carbocycles. The summed E-state index contributed by atoms with van der Waals surface area (Å²) < 4.78 is 14.8. The van der Waals surface area contributed by atoms with Crippen LogP contribution in [0, 0.1) is 0 Å². The second-order valence-electron chi connectivity index (χ2n) is 2.47. The van der Waals surface area contributed by atoms with Crippen molar-refractivity contribution in [2.45, 2.75) is 13.8 Å². The molecule has 14 heteroatoms. The van der Waals surface area contributed by atoms with Crippen molar-refractivity contribution in [1.82, 2.24) is 12.3 Å². The number of hydrogen-bond acceptors (Lipinski definition) is 12. The van der Waals surface area contributed by atoms with Gasteiger partial charge in [-0.2, -0.15) is 0 Å². The number of carbonyl (C=O) groups is 6. The molecular weight excluding hydrogens is 364 g/mol. The third kappa shape index (κ3) is 17.7. The van der Waals surface area contributed by atoms with Crippen LogP contribution in [-0.4, -0.2) is 112 Å². The zero-order valence-electron chi connectivity index (χ0n) is 15.9. The third-order valence-electron chi connectivity index (χ3n) is 0.973. The number of carbonyl (C=O) groups excluding carboxylic acids is 6. The number of hydrogen-bond donors (Lipinski definition) is 2. The van der Waals surface area contributed by atoms with Crippen LogP contribution in [-0.2, 0) is 38.1 Å². The Balaban J connectivity index is -0.0000000516. The van der Waals surface area contributed by atoms with Crippen molar-refractivity contribution in [2.24, 2.45) is 0 Å². The Labute approximate surface area is 189 Å². The molecule has 6 N–H and O–H groups in total. The molecular formula is C8H16Ca2N2O10. The van der Waals surface area contributed by atoms with Crippen LogP contribution in [0.4, 0.5) is 9.59 Å². The van der Waals surface area contributed by atoms with Crippen LogP contribution in [0.3, 0.4) is 0 Å². The first kappa shape index (κ1) is 33.3. The van der Waals surface area contributed by atoms with Gasteiger partial charge in [-0.25, -0.2) is 19.2 Å². The molecule has 0 unspecified atom stereocenters. The van der Waals surface area contributed by atoms with E-state index in [1.54, 1.807) is 0 Å². The molecule has 0 aliphatic rings. The Hall–Kier alpha value is -0.341. The maximum Gasteiger partial charge on any atom is 2.00 e. The first-order valence-corrected chi connectivity index (χ1v) is 4.11. The molecule has 0 fully saturated rings. The van der Waals surface area contributed by atoms with E-state index in [1.807, 2.05) is 0 Å². The summed E-state index contributed by atoms with van der Waals surface area (Å²) in [5.74, 6) is -6.03. The zero-order chi connectivity index (χ0) is 14.3. The molecule has 0 aliphatic heterocycles. The fourth-order valence-corrected chi connectivity index (χ4v) is 0.511. The molecule has 0 spiro atoms. The Morgan fingerprint density at radius 3 is 1.00 bits per heavy atom. The van der Waals surface area contributed by atoms with Crippen LogP contribution in [0.25, 0.3) is 0 Å². The first-order valence-electron chi connectivity index (χ1n) is 4.11. The van der Waals surface area contributed by atoms with E-state index >= 15 is 0 Å². The molecule has 0 aliphatic carbocycles. The summed E-state index contributed by atoms with van der Waals surface area (Å²) in [6, 6.07) is 0. The van der Waals surface area contributed by atoms with Crippen LogP contribution in [0.2, 0.25) is 0 Å². The standard InChI is InChI=1S/C8H6O10.2Ca.2H3N.4H/c1-3(9)15-7(13)17-5(11)6(12)18-8(14)16-4(2)10;;;;;;;;/h1-2H3;;;2*1H3;;;;/q;2*+2;;;4*-1. The van der Waals surface area contributed by atoms with Crippen molar-refractivity contribution in [2.75, 3.05) is 0 Å². The van der Waals surface area contributed by atoms with Crippen LogP contribution in [0.15, 0.2) is 0 Å². The SMILES string of the molecule is CC(=O)OC(=O)OC(=O)C(=O)OC(=O)OC(C)=O.N.N.[Ca+2].[Ca+2].[H-].[H-].[H-].[H-]. The van der Waals surface area contributed by atoms with E-state index in [1.165, 1.54) is 0 Å². The monoisotopic (exact) mass is 380 g/mol. The largest absolute Gasteiger partial charge is 2.00 e. The fourth-order valence-electron chi connectivity index (χ4n) is 0.511. The summed E-state index contributed by atoms with van der Waals surface area (Å²) in [6.07, 6.45) is -3.55. The minimum atomic E-state index is -1.93. The van der Waals surface area contributed by atoms with Crippen LogP contribution < -0.4 is 12.3 Å². The van der Waals surface area contributed by atoms with Gasteiger partial charge in [-0.1, -0.05) is 0 Å². The van der Waals surface area contributed by atoms with Crippen LogP contribution >= 0.6 is 0 Å². The Morgan fingerprint density at radius 2 is 0.818 bits per heavy atom. The van der Waals surface area contributed by atoms with E-state index in [0.717, 1.165) is 13.8 Å². The molecule has 0 aromatic heterocycles. The van der Waals surface area contributed by atoms with Gasteiger partial charge in [-0.15, -0.1) is 0 Å². The van der Waals surface area contributed by atoms with Gasteiger partial charge in [0.05, 0.1) is 0 Å². The molecule has 122 valence electrons. The quantitative estimate of drug-likeness (QED) is 0.234. The molecule has 22 heavy (non-hydrogen) atoms. The van der Waals surface area contributed by atoms with Gasteiger partial charge in [-0.05, 0) is 0 Å². The van der Waals surface area contributed by atoms with E-state index in [-0.39, 0.29) is 93.5 Å². The van der Waals surface area contributed by atoms with Crippen molar-refractivity contribution in [1.29, 1.82) is 0 Å². The third-order valence-corrected chi connectivity index (χ3v) is 0.973. The van der Waals surface area contributed by atoms with E-state index < -0.39 is 36.2 Å². The van der Waals surface area contributed by atoms with E-state index in [0.29, 0.717) is 0 Å². The topological polar surface area (TPSA) is 209 Å². The summed E-state index contributed by atoms with van der Waals surface area (Å²) in [6.45, 7) is 1.68. The summed E-state index contributed by atoms with van der Waals surface area (Å²) in [4.78, 5) is 63.1. The minimum absolute atomic E-state index is 0. The van der Waals surface area contributed by atoms with E-state index in [2.05, 4.69) is 18.9 Å². The second kappa shape index (κ2) is 17.0. The van der Waals surface area contributed by atoms with Gasteiger partial charge in [0.2, 0.25) is 0 Å². The van der Waals surface area contributed by atoms with Crippen LogP contribution in [0.1, 0.15) is 19.6 Å². The molecule has 0 aromatic carbocycles. The minimum Gasteiger partial charge on any atom is -1.00 e. The molecule has 0 rings (SSSR count). The maximum atomic E-state index is 10.8. The average Bonchev–Trinajstić information content (AvgIpc) is 2.13. The number of esters is 4.